The fraction of sp³-hybridized carbons (Fsp3) is 0.222. The van der Waals surface area contributed by atoms with Crippen molar-refractivity contribution < 1.29 is 17.9 Å². The molecule has 17 heavy (non-hydrogen) atoms. The van der Waals surface area contributed by atoms with E-state index < -0.39 is 16.0 Å². The zero-order valence-electron chi connectivity index (χ0n) is 9.09. The smallest absolute Gasteiger partial charge is 0.339 e. The molecule has 0 spiro atoms. The SMILES string of the molecule is COC(=O)c1cc(NS(C)(=O)=O)ncc1C#N. The Morgan fingerprint density at radius 1 is 1.59 bits per heavy atom. The summed E-state index contributed by atoms with van der Waals surface area (Å²) in [4.78, 5) is 15.0. The number of hydrogen-bond acceptors (Lipinski definition) is 6. The van der Waals surface area contributed by atoms with Crippen LogP contribution in [0.15, 0.2) is 12.3 Å². The van der Waals surface area contributed by atoms with Crippen LogP contribution >= 0.6 is 0 Å². The number of ether oxygens (including phenoxy) is 1. The van der Waals surface area contributed by atoms with Crippen LogP contribution in [0.5, 0.6) is 0 Å². The van der Waals surface area contributed by atoms with E-state index in [2.05, 4.69) is 14.4 Å². The summed E-state index contributed by atoms with van der Waals surface area (Å²) in [5.41, 5.74) is -0.0351. The average Bonchev–Trinajstić information content (AvgIpc) is 2.25. The first-order valence-corrected chi connectivity index (χ1v) is 6.23. The van der Waals surface area contributed by atoms with Crippen LogP contribution in [-0.4, -0.2) is 32.7 Å². The molecule has 0 radical (unpaired) electrons. The van der Waals surface area contributed by atoms with E-state index in [1.807, 2.05) is 0 Å². The summed E-state index contributed by atoms with van der Waals surface area (Å²) in [5.74, 6) is -0.785. The number of sulfonamides is 1. The molecule has 0 saturated carbocycles. The minimum absolute atomic E-state index is 0.0101. The van der Waals surface area contributed by atoms with Gasteiger partial charge in [0.1, 0.15) is 11.9 Å². The summed E-state index contributed by atoms with van der Waals surface area (Å²) in [7, 11) is -2.33. The molecule has 0 atom stereocenters. The highest BCUT2D eigenvalue weighted by Crippen LogP contribution is 2.14. The molecule has 0 saturated heterocycles. The second kappa shape index (κ2) is 4.80. The Morgan fingerprint density at radius 3 is 2.71 bits per heavy atom. The van der Waals surface area contributed by atoms with Crippen molar-refractivity contribution in [3.8, 4) is 6.07 Å². The number of anilines is 1. The number of nitriles is 1. The molecular formula is C9H9N3O4S. The maximum absolute atomic E-state index is 11.3. The number of aromatic nitrogens is 1. The first-order chi connectivity index (χ1) is 7.87. The number of nitrogens with one attached hydrogen (secondary N) is 1. The Morgan fingerprint density at radius 2 is 2.24 bits per heavy atom. The van der Waals surface area contributed by atoms with E-state index in [0.29, 0.717) is 0 Å². The van der Waals surface area contributed by atoms with Gasteiger partial charge in [0.05, 0.1) is 24.5 Å². The second-order valence-corrected chi connectivity index (χ2v) is 4.84. The van der Waals surface area contributed by atoms with Crippen LogP contribution in [0.4, 0.5) is 5.82 Å². The third-order valence-corrected chi connectivity index (χ3v) is 2.30. The summed E-state index contributed by atoms with van der Waals surface area (Å²) in [6.45, 7) is 0. The highest BCUT2D eigenvalue weighted by atomic mass is 32.2. The number of pyridine rings is 1. The second-order valence-electron chi connectivity index (χ2n) is 3.09. The molecule has 0 unspecified atom stereocenters. The van der Waals surface area contributed by atoms with Crippen molar-refractivity contribution in [1.29, 1.82) is 5.26 Å². The van der Waals surface area contributed by atoms with Gasteiger partial charge in [0.15, 0.2) is 0 Å². The number of methoxy groups -OCH3 is 1. The van der Waals surface area contributed by atoms with Crippen molar-refractivity contribution in [3.63, 3.8) is 0 Å². The average molecular weight is 255 g/mol. The molecule has 0 aromatic carbocycles. The van der Waals surface area contributed by atoms with Gasteiger partial charge in [-0.05, 0) is 6.07 Å². The van der Waals surface area contributed by atoms with Crippen LogP contribution in [0.1, 0.15) is 15.9 Å². The van der Waals surface area contributed by atoms with E-state index in [1.54, 1.807) is 6.07 Å². The van der Waals surface area contributed by atoms with Crippen LogP contribution in [-0.2, 0) is 14.8 Å². The number of carbonyl (C=O) groups excluding carboxylic acids is 1. The molecule has 1 heterocycles. The van der Waals surface area contributed by atoms with Gasteiger partial charge in [-0.15, -0.1) is 0 Å². The van der Waals surface area contributed by atoms with E-state index >= 15 is 0 Å². The fourth-order valence-electron chi connectivity index (χ4n) is 1.07. The molecule has 0 aliphatic rings. The van der Waals surface area contributed by atoms with Gasteiger partial charge in [-0.25, -0.2) is 18.2 Å². The molecule has 1 aromatic rings. The summed E-state index contributed by atoms with van der Waals surface area (Å²) >= 11 is 0. The van der Waals surface area contributed by atoms with Gasteiger partial charge in [-0.3, -0.25) is 4.72 Å². The highest BCUT2D eigenvalue weighted by molar-refractivity contribution is 7.92. The minimum Gasteiger partial charge on any atom is -0.465 e. The van der Waals surface area contributed by atoms with E-state index in [-0.39, 0.29) is 16.9 Å². The summed E-state index contributed by atoms with van der Waals surface area (Å²) in [6.07, 6.45) is 2.05. The lowest BCUT2D eigenvalue weighted by Crippen LogP contribution is -2.13. The van der Waals surface area contributed by atoms with E-state index in [0.717, 1.165) is 25.6 Å². The van der Waals surface area contributed by atoms with Gasteiger partial charge in [0, 0.05) is 6.20 Å². The van der Waals surface area contributed by atoms with Crippen molar-refractivity contribution in [3.05, 3.63) is 23.4 Å². The number of esters is 1. The molecular weight excluding hydrogens is 246 g/mol. The van der Waals surface area contributed by atoms with E-state index in [1.165, 1.54) is 0 Å². The Kier molecular flexibility index (Phi) is 3.65. The molecule has 90 valence electrons. The fourth-order valence-corrected chi connectivity index (χ4v) is 1.56. The van der Waals surface area contributed by atoms with Gasteiger partial charge >= 0.3 is 5.97 Å². The predicted molar refractivity (Wildman–Crippen MR) is 58.8 cm³/mol. The molecule has 7 nitrogen and oxygen atoms in total. The largest absolute Gasteiger partial charge is 0.465 e. The number of hydrogen-bond donors (Lipinski definition) is 1. The zero-order chi connectivity index (χ0) is 13.1. The molecule has 1 N–H and O–H groups in total. The van der Waals surface area contributed by atoms with Crippen LogP contribution in [0.25, 0.3) is 0 Å². The standard InChI is InChI=1S/C9H9N3O4S/c1-16-9(13)7-3-8(12-17(2,14)15)11-5-6(7)4-10/h3,5H,1-2H3,(H,11,12). The first kappa shape index (κ1) is 12.9. The summed E-state index contributed by atoms with van der Waals surface area (Å²) in [6, 6.07) is 2.90. The molecule has 1 rings (SSSR count). The van der Waals surface area contributed by atoms with Crippen molar-refractivity contribution >= 4 is 21.8 Å². The quantitative estimate of drug-likeness (QED) is 0.768. The monoisotopic (exact) mass is 255 g/mol. The van der Waals surface area contributed by atoms with Gasteiger partial charge in [-0.2, -0.15) is 5.26 Å². The van der Waals surface area contributed by atoms with E-state index in [9.17, 15) is 13.2 Å². The molecule has 0 aliphatic carbocycles. The lowest BCUT2D eigenvalue weighted by Gasteiger charge is -2.05. The maximum atomic E-state index is 11.3. The Labute approximate surface area is 98.1 Å². The first-order valence-electron chi connectivity index (χ1n) is 4.33. The topological polar surface area (TPSA) is 109 Å². The predicted octanol–water partition coefficient (Wildman–Crippen LogP) is 0.111. The van der Waals surface area contributed by atoms with Crippen molar-refractivity contribution in [2.24, 2.45) is 0 Å². The Balaban J connectivity index is 3.24. The van der Waals surface area contributed by atoms with Crippen LogP contribution < -0.4 is 4.72 Å². The number of carbonyl (C=O) groups is 1. The minimum atomic E-state index is -3.49. The van der Waals surface area contributed by atoms with Gasteiger partial charge in [0.2, 0.25) is 10.0 Å². The zero-order valence-corrected chi connectivity index (χ0v) is 9.91. The highest BCUT2D eigenvalue weighted by Gasteiger charge is 2.14. The molecule has 0 amide bonds. The van der Waals surface area contributed by atoms with E-state index in [4.69, 9.17) is 5.26 Å². The Hall–Kier alpha value is -2.14. The van der Waals surface area contributed by atoms with Crippen LogP contribution in [0.3, 0.4) is 0 Å². The van der Waals surface area contributed by atoms with Gasteiger partial charge in [-0.1, -0.05) is 0 Å². The maximum Gasteiger partial charge on any atom is 0.339 e. The lowest BCUT2D eigenvalue weighted by atomic mass is 10.1. The molecule has 0 aliphatic heterocycles. The van der Waals surface area contributed by atoms with Crippen molar-refractivity contribution in [2.75, 3.05) is 18.1 Å². The van der Waals surface area contributed by atoms with Crippen LogP contribution in [0.2, 0.25) is 0 Å². The molecule has 1 aromatic heterocycles. The summed E-state index contributed by atoms with van der Waals surface area (Å²) < 4.78 is 28.5. The third-order valence-electron chi connectivity index (χ3n) is 1.72. The van der Waals surface area contributed by atoms with Gasteiger partial charge < -0.3 is 4.74 Å². The molecule has 8 heteroatoms. The normalized spacial score (nSPS) is 10.4. The molecule has 0 bridgehead atoms. The Bertz CT molecular complexity index is 589. The molecule has 0 fully saturated rings. The number of nitrogens with zero attached hydrogens (tertiary/aromatic N) is 2. The number of rotatable bonds is 3. The third kappa shape index (κ3) is 3.42. The van der Waals surface area contributed by atoms with Crippen molar-refractivity contribution in [2.45, 2.75) is 0 Å². The van der Waals surface area contributed by atoms with Gasteiger partial charge in [0.25, 0.3) is 0 Å². The van der Waals surface area contributed by atoms with Crippen molar-refractivity contribution in [1.82, 2.24) is 4.98 Å². The van der Waals surface area contributed by atoms with Crippen LogP contribution in [0, 0.1) is 11.3 Å². The summed E-state index contributed by atoms with van der Waals surface area (Å²) in [5, 5.41) is 8.75. The lowest BCUT2D eigenvalue weighted by molar-refractivity contribution is 0.0600.